The molecule has 4 heteroatoms. The molecule has 0 aliphatic rings. The van der Waals surface area contributed by atoms with Crippen LogP contribution in [0.3, 0.4) is 0 Å². The van der Waals surface area contributed by atoms with Crippen molar-refractivity contribution >= 4 is 11.6 Å². The van der Waals surface area contributed by atoms with Crippen molar-refractivity contribution in [2.45, 2.75) is 39.0 Å². The average Bonchev–Trinajstić information content (AvgIpc) is 2.49. The van der Waals surface area contributed by atoms with Gasteiger partial charge in [0.25, 0.3) is 5.91 Å². The summed E-state index contributed by atoms with van der Waals surface area (Å²) in [6.45, 7) is 6.86. The molecular formula is C17H26N2O2. The second-order valence-electron chi connectivity index (χ2n) is 5.01. The topological polar surface area (TPSA) is 64.3 Å². The first-order valence-electron chi connectivity index (χ1n) is 7.60. The van der Waals surface area contributed by atoms with Crippen molar-refractivity contribution in [3.8, 4) is 5.75 Å². The highest BCUT2D eigenvalue weighted by molar-refractivity contribution is 5.95. The zero-order valence-corrected chi connectivity index (χ0v) is 12.9. The van der Waals surface area contributed by atoms with Crippen LogP contribution in [0.2, 0.25) is 0 Å². The Balaban J connectivity index is 2.43. The third kappa shape index (κ3) is 6.34. The number of ether oxygens (including phenoxy) is 1. The summed E-state index contributed by atoms with van der Waals surface area (Å²) >= 11 is 0. The van der Waals surface area contributed by atoms with Gasteiger partial charge in [-0.2, -0.15) is 0 Å². The molecule has 0 atom stereocenters. The zero-order chi connectivity index (χ0) is 15.5. The van der Waals surface area contributed by atoms with Gasteiger partial charge in [-0.1, -0.05) is 38.7 Å². The van der Waals surface area contributed by atoms with Gasteiger partial charge in [-0.25, -0.2) is 0 Å². The molecule has 0 bridgehead atoms. The van der Waals surface area contributed by atoms with Crippen LogP contribution in [0.5, 0.6) is 5.75 Å². The van der Waals surface area contributed by atoms with E-state index in [0.717, 1.165) is 6.42 Å². The number of anilines is 1. The van der Waals surface area contributed by atoms with Crippen LogP contribution >= 0.6 is 0 Å². The van der Waals surface area contributed by atoms with Crippen LogP contribution in [0.1, 0.15) is 49.4 Å². The first-order valence-corrected chi connectivity index (χ1v) is 7.60. The first-order chi connectivity index (χ1) is 10.2. The minimum absolute atomic E-state index is 0.160. The summed E-state index contributed by atoms with van der Waals surface area (Å²) in [5, 5.41) is 2.71. The van der Waals surface area contributed by atoms with Gasteiger partial charge in [0, 0.05) is 12.1 Å². The molecule has 21 heavy (non-hydrogen) atoms. The Morgan fingerprint density at radius 2 is 2.10 bits per heavy atom. The minimum Gasteiger partial charge on any atom is -0.491 e. The predicted molar refractivity (Wildman–Crippen MR) is 87.6 cm³/mol. The lowest BCUT2D eigenvalue weighted by molar-refractivity contribution is 0.0958. The van der Waals surface area contributed by atoms with Gasteiger partial charge in [0.1, 0.15) is 5.75 Å². The Morgan fingerprint density at radius 1 is 1.33 bits per heavy atom. The highest BCUT2D eigenvalue weighted by Gasteiger charge is 2.08. The smallest absolute Gasteiger partial charge is 0.251 e. The Bertz CT molecular complexity index is 458. The molecule has 1 aromatic rings. The summed E-state index contributed by atoms with van der Waals surface area (Å²) in [5.74, 6) is 0.485. The minimum atomic E-state index is -0.160. The van der Waals surface area contributed by atoms with Gasteiger partial charge in [-0.3, -0.25) is 4.79 Å². The quantitative estimate of drug-likeness (QED) is 0.393. The summed E-state index contributed by atoms with van der Waals surface area (Å²) in [6.07, 6.45) is 7.60. The number of nitrogens with two attached hydrogens (primary N) is 1. The summed E-state index contributed by atoms with van der Waals surface area (Å²) < 4.78 is 5.66. The van der Waals surface area contributed by atoms with E-state index in [4.69, 9.17) is 10.5 Å². The maximum Gasteiger partial charge on any atom is 0.251 e. The third-order valence-electron chi connectivity index (χ3n) is 3.18. The van der Waals surface area contributed by atoms with E-state index in [-0.39, 0.29) is 5.91 Å². The van der Waals surface area contributed by atoms with Gasteiger partial charge in [0.15, 0.2) is 0 Å². The monoisotopic (exact) mass is 290 g/mol. The van der Waals surface area contributed by atoms with E-state index in [0.29, 0.717) is 30.2 Å². The Morgan fingerprint density at radius 3 is 2.76 bits per heavy atom. The molecule has 0 saturated carbocycles. The highest BCUT2D eigenvalue weighted by Crippen LogP contribution is 2.23. The van der Waals surface area contributed by atoms with Crippen molar-refractivity contribution in [2.24, 2.45) is 0 Å². The Hall–Kier alpha value is -1.97. The fraction of sp³-hybridized carbons (Fsp3) is 0.471. The van der Waals surface area contributed by atoms with Crippen LogP contribution in [0.25, 0.3) is 0 Å². The molecule has 0 radical (unpaired) electrons. The van der Waals surface area contributed by atoms with E-state index in [1.54, 1.807) is 24.3 Å². The molecule has 0 fully saturated rings. The molecule has 0 aromatic heterocycles. The number of carbonyl (C=O) groups excluding carboxylic acids is 1. The maximum absolute atomic E-state index is 11.8. The largest absolute Gasteiger partial charge is 0.491 e. The molecular weight excluding hydrogens is 264 g/mol. The average molecular weight is 290 g/mol. The molecule has 1 aromatic carbocycles. The summed E-state index contributed by atoms with van der Waals surface area (Å²) in [5.41, 5.74) is 6.95. The van der Waals surface area contributed by atoms with Crippen molar-refractivity contribution in [3.05, 3.63) is 36.4 Å². The van der Waals surface area contributed by atoms with Crippen molar-refractivity contribution < 1.29 is 9.53 Å². The van der Waals surface area contributed by atoms with Crippen LogP contribution in [0.15, 0.2) is 30.9 Å². The fourth-order valence-electron chi connectivity index (χ4n) is 1.98. The van der Waals surface area contributed by atoms with Crippen molar-refractivity contribution in [2.75, 3.05) is 18.9 Å². The molecule has 3 N–H and O–H groups in total. The number of hydrogen-bond donors (Lipinski definition) is 2. The third-order valence-corrected chi connectivity index (χ3v) is 3.18. The van der Waals surface area contributed by atoms with Gasteiger partial charge in [0.05, 0.1) is 12.3 Å². The molecule has 0 aliphatic heterocycles. The number of unbranched alkanes of at least 4 members (excludes halogenated alkanes) is 4. The van der Waals surface area contributed by atoms with E-state index in [2.05, 4.69) is 18.8 Å². The van der Waals surface area contributed by atoms with E-state index in [1.807, 2.05) is 0 Å². The second kappa shape index (κ2) is 9.86. The lowest BCUT2D eigenvalue weighted by Gasteiger charge is -2.10. The normalized spacial score (nSPS) is 10.1. The van der Waals surface area contributed by atoms with Gasteiger partial charge >= 0.3 is 0 Å². The Kier molecular flexibility index (Phi) is 8.02. The zero-order valence-electron chi connectivity index (χ0n) is 12.9. The van der Waals surface area contributed by atoms with Crippen LogP contribution < -0.4 is 15.8 Å². The molecule has 0 saturated heterocycles. The maximum atomic E-state index is 11.8. The summed E-state index contributed by atoms with van der Waals surface area (Å²) in [4.78, 5) is 11.8. The molecule has 0 unspecified atom stereocenters. The van der Waals surface area contributed by atoms with E-state index in [9.17, 15) is 4.79 Å². The van der Waals surface area contributed by atoms with E-state index >= 15 is 0 Å². The highest BCUT2D eigenvalue weighted by atomic mass is 16.5. The number of benzene rings is 1. The number of nitrogen functional groups attached to an aromatic ring is 1. The molecule has 0 aliphatic carbocycles. The van der Waals surface area contributed by atoms with Crippen LogP contribution in [-0.4, -0.2) is 19.1 Å². The second-order valence-corrected chi connectivity index (χ2v) is 5.01. The molecule has 0 heterocycles. The molecule has 1 rings (SSSR count). The standard InChI is InChI=1S/C17H26N2O2/c1-3-5-6-7-8-12-21-16-10-9-14(13-15(16)18)17(20)19-11-4-2/h4,9-10,13H,2-3,5-8,11-12,18H2,1H3,(H,19,20). The molecule has 0 spiro atoms. The number of amides is 1. The first kappa shape index (κ1) is 17.1. The lowest BCUT2D eigenvalue weighted by atomic mass is 10.1. The summed E-state index contributed by atoms with van der Waals surface area (Å²) in [6, 6.07) is 5.12. The number of rotatable bonds is 10. The summed E-state index contributed by atoms with van der Waals surface area (Å²) in [7, 11) is 0. The van der Waals surface area contributed by atoms with E-state index in [1.165, 1.54) is 25.7 Å². The molecule has 4 nitrogen and oxygen atoms in total. The van der Waals surface area contributed by atoms with Crippen LogP contribution in [0, 0.1) is 0 Å². The lowest BCUT2D eigenvalue weighted by Crippen LogP contribution is -2.23. The van der Waals surface area contributed by atoms with E-state index < -0.39 is 0 Å². The molecule has 116 valence electrons. The van der Waals surface area contributed by atoms with Crippen molar-refractivity contribution in [1.29, 1.82) is 0 Å². The number of carbonyl (C=O) groups is 1. The van der Waals surface area contributed by atoms with Crippen LogP contribution in [-0.2, 0) is 0 Å². The number of hydrogen-bond acceptors (Lipinski definition) is 3. The number of nitrogens with one attached hydrogen (secondary N) is 1. The van der Waals surface area contributed by atoms with Crippen molar-refractivity contribution in [1.82, 2.24) is 5.32 Å². The SMILES string of the molecule is C=CCNC(=O)c1ccc(OCCCCCCC)c(N)c1. The molecule has 1 amide bonds. The Labute approximate surface area is 127 Å². The van der Waals surface area contributed by atoms with Gasteiger partial charge < -0.3 is 15.8 Å². The fourth-order valence-corrected chi connectivity index (χ4v) is 1.98. The van der Waals surface area contributed by atoms with Gasteiger partial charge in [-0.15, -0.1) is 6.58 Å². The predicted octanol–water partition coefficient (Wildman–Crippen LogP) is 3.53. The van der Waals surface area contributed by atoms with Gasteiger partial charge in [0.2, 0.25) is 0 Å². The van der Waals surface area contributed by atoms with Crippen LogP contribution in [0.4, 0.5) is 5.69 Å². The van der Waals surface area contributed by atoms with Crippen molar-refractivity contribution in [3.63, 3.8) is 0 Å². The van der Waals surface area contributed by atoms with Gasteiger partial charge in [-0.05, 0) is 24.6 Å².